The van der Waals surface area contributed by atoms with Crippen molar-refractivity contribution in [2.24, 2.45) is 5.92 Å². The minimum absolute atomic E-state index is 0.0376. The third kappa shape index (κ3) is 4.12. The lowest BCUT2D eigenvalue weighted by Gasteiger charge is -2.29. The number of esters is 1. The van der Waals surface area contributed by atoms with E-state index in [9.17, 15) is 4.79 Å². The average Bonchev–Trinajstić information content (AvgIpc) is 2.58. The van der Waals surface area contributed by atoms with Crippen LogP contribution >= 0.6 is 0 Å². The highest BCUT2D eigenvalue weighted by atomic mass is 16.5. The molecule has 0 N–H and O–H groups in total. The number of hydrogen-bond donors (Lipinski definition) is 0. The van der Waals surface area contributed by atoms with Gasteiger partial charge in [0.1, 0.15) is 11.9 Å². The van der Waals surface area contributed by atoms with Crippen LogP contribution in [0.4, 0.5) is 0 Å². The monoisotopic (exact) mass is 330 g/mol. The second-order valence-electron chi connectivity index (χ2n) is 7.39. The Kier molecular flexibility index (Phi) is 5.80. The van der Waals surface area contributed by atoms with Crippen LogP contribution in [-0.4, -0.2) is 18.2 Å². The molecule has 132 valence electrons. The molecule has 3 heteroatoms. The number of carbonyl (C=O) groups excluding carboxylic acids is 1. The molecule has 3 rings (SSSR count). The van der Waals surface area contributed by atoms with Crippen LogP contribution in [-0.2, 0) is 11.2 Å². The van der Waals surface area contributed by atoms with Gasteiger partial charge in [0.25, 0.3) is 0 Å². The van der Waals surface area contributed by atoms with E-state index in [2.05, 4.69) is 19.9 Å². The Balaban J connectivity index is 1.61. The van der Waals surface area contributed by atoms with Gasteiger partial charge in [-0.3, -0.25) is 0 Å². The number of carbonyl (C=O) groups is 1. The minimum Gasteiger partial charge on any atom is -0.490 e. The number of hydrogen-bond acceptors (Lipinski definition) is 3. The molecule has 1 saturated carbocycles. The smallest absolute Gasteiger partial charge is 0.338 e. The summed E-state index contributed by atoms with van der Waals surface area (Å²) in [5, 5.41) is 0. The van der Waals surface area contributed by atoms with Crippen LogP contribution in [0.25, 0.3) is 0 Å². The molecular weight excluding hydrogens is 300 g/mol. The van der Waals surface area contributed by atoms with Crippen LogP contribution in [0.5, 0.6) is 5.75 Å². The second kappa shape index (κ2) is 8.04. The van der Waals surface area contributed by atoms with Crippen molar-refractivity contribution in [3.05, 3.63) is 29.3 Å². The molecule has 1 unspecified atom stereocenters. The van der Waals surface area contributed by atoms with Gasteiger partial charge in [0.15, 0.2) is 0 Å². The van der Waals surface area contributed by atoms with Gasteiger partial charge in [-0.1, -0.05) is 39.2 Å². The Labute approximate surface area is 145 Å². The molecule has 1 atom stereocenters. The molecule has 0 amide bonds. The zero-order valence-electron chi connectivity index (χ0n) is 15.1. The fourth-order valence-corrected chi connectivity index (χ4v) is 4.12. The Morgan fingerprint density at radius 3 is 2.54 bits per heavy atom. The predicted molar refractivity (Wildman–Crippen MR) is 95.5 cm³/mol. The van der Waals surface area contributed by atoms with Crippen molar-refractivity contribution in [3.63, 3.8) is 0 Å². The maximum absolute atomic E-state index is 12.3. The lowest BCUT2D eigenvalue weighted by Crippen LogP contribution is -2.28. The van der Waals surface area contributed by atoms with Gasteiger partial charge in [0.2, 0.25) is 0 Å². The molecule has 1 aliphatic carbocycles. The standard InChI is InChI=1S/C21H30O3/c1-3-5-15-7-10-17(11-8-15)23-19-12-9-16-13-18(6-4-2)24-21(22)20(16)14-19/h9,12,14-15,17-18H,3-8,10-11,13H2,1-2H3. The van der Waals surface area contributed by atoms with E-state index in [4.69, 9.17) is 9.47 Å². The first-order chi connectivity index (χ1) is 11.7. The van der Waals surface area contributed by atoms with E-state index >= 15 is 0 Å². The molecule has 2 aliphatic rings. The first-order valence-electron chi connectivity index (χ1n) is 9.70. The Morgan fingerprint density at radius 2 is 1.83 bits per heavy atom. The molecular formula is C21H30O3. The van der Waals surface area contributed by atoms with E-state index in [1.165, 1.54) is 25.7 Å². The molecule has 3 nitrogen and oxygen atoms in total. The van der Waals surface area contributed by atoms with Crippen LogP contribution in [0, 0.1) is 5.92 Å². The van der Waals surface area contributed by atoms with E-state index in [0.717, 1.165) is 49.3 Å². The first-order valence-corrected chi connectivity index (χ1v) is 9.70. The molecule has 1 aromatic carbocycles. The highest BCUT2D eigenvalue weighted by Crippen LogP contribution is 2.32. The second-order valence-corrected chi connectivity index (χ2v) is 7.39. The van der Waals surface area contributed by atoms with E-state index in [1.54, 1.807) is 0 Å². The molecule has 1 aliphatic heterocycles. The number of fused-ring (bicyclic) bond motifs is 1. The molecule has 1 heterocycles. The summed E-state index contributed by atoms with van der Waals surface area (Å²) >= 11 is 0. The number of rotatable bonds is 6. The molecule has 0 radical (unpaired) electrons. The number of cyclic esters (lactones) is 1. The van der Waals surface area contributed by atoms with Crippen LogP contribution in [0.1, 0.15) is 81.1 Å². The molecule has 1 fully saturated rings. The lowest BCUT2D eigenvalue weighted by atomic mass is 9.84. The van der Waals surface area contributed by atoms with Gasteiger partial charge in [-0.25, -0.2) is 4.79 Å². The van der Waals surface area contributed by atoms with E-state index < -0.39 is 0 Å². The summed E-state index contributed by atoms with van der Waals surface area (Å²) in [5.74, 6) is 1.51. The normalized spacial score (nSPS) is 26.6. The number of ether oxygens (including phenoxy) is 2. The third-order valence-electron chi connectivity index (χ3n) is 5.43. The quantitative estimate of drug-likeness (QED) is 0.663. The molecule has 0 aromatic heterocycles. The van der Waals surface area contributed by atoms with Crippen molar-refractivity contribution < 1.29 is 14.3 Å². The van der Waals surface area contributed by atoms with E-state index in [-0.39, 0.29) is 12.1 Å². The van der Waals surface area contributed by atoms with Gasteiger partial charge >= 0.3 is 5.97 Å². The van der Waals surface area contributed by atoms with Crippen LogP contribution in [0.15, 0.2) is 18.2 Å². The topological polar surface area (TPSA) is 35.5 Å². The van der Waals surface area contributed by atoms with E-state index in [0.29, 0.717) is 11.7 Å². The third-order valence-corrected chi connectivity index (χ3v) is 5.43. The average molecular weight is 330 g/mol. The lowest BCUT2D eigenvalue weighted by molar-refractivity contribution is 0.0235. The van der Waals surface area contributed by atoms with Crippen molar-refractivity contribution in [1.82, 2.24) is 0 Å². The van der Waals surface area contributed by atoms with Gasteiger partial charge < -0.3 is 9.47 Å². The maximum Gasteiger partial charge on any atom is 0.338 e. The fraction of sp³-hybridized carbons (Fsp3) is 0.667. The molecule has 0 saturated heterocycles. The summed E-state index contributed by atoms with van der Waals surface area (Å²) in [6, 6.07) is 5.97. The summed E-state index contributed by atoms with van der Waals surface area (Å²) in [6.07, 6.45) is 10.6. The van der Waals surface area contributed by atoms with Gasteiger partial charge in [0.05, 0.1) is 11.7 Å². The van der Waals surface area contributed by atoms with Crippen molar-refractivity contribution in [2.45, 2.75) is 83.8 Å². The SMILES string of the molecule is CCCC1CCC(Oc2ccc3c(c2)C(=O)OC(CCC)C3)CC1. The van der Waals surface area contributed by atoms with Crippen molar-refractivity contribution in [3.8, 4) is 5.75 Å². The molecule has 1 aromatic rings. The van der Waals surface area contributed by atoms with E-state index in [1.807, 2.05) is 12.1 Å². The van der Waals surface area contributed by atoms with Gasteiger partial charge in [-0.05, 0) is 55.7 Å². The summed E-state index contributed by atoms with van der Waals surface area (Å²) in [4.78, 5) is 12.3. The van der Waals surface area contributed by atoms with Crippen LogP contribution in [0.2, 0.25) is 0 Å². The zero-order valence-corrected chi connectivity index (χ0v) is 15.1. The summed E-state index contributed by atoms with van der Waals surface area (Å²) in [5.41, 5.74) is 1.79. The van der Waals surface area contributed by atoms with Crippen LogP contribution < -0.4 is 4.74 Å². The maximum atomic E-state index is 12.3. The number of benzene rings is 1. The Hall–Kier alpha value is -1.51. The Morgan fingerprint density at radius 1 is 1.08 bits per heavy atom. The first kappa shape index (κ1) is 17.3. The van der Waals surface area contributed by atoms with Crippen LogP contribution in [0.3, 0.4) is 0 Å². The molecule has 24 heavy (non-hydrogen) atoms. The molecule has 0 spiro atoms. The summed E-state index contributed by atoms with van der Waals surface area (Å²) < 4.78 is 11.7. The predicted octanol–water partition coefficient (Wildman–Crippen LogP) is 5.31. The minimum atomic E-state index is -0.188. The van der Waals surface area contributed by atoms with Crippen molar-refractivity contribution in [1.29, 1.82) is 0 Å². The highest BCUT2D eigenvalue weighted by molar-refractivity contribution is 5.92. The van der Waals surface area contributed by atoms with Gasteiger partial charge in [0, 0.05) is 6.42 Å². The van der Waals surface area contributed by atoms with Gasteiger partial charge in [-0.15, -0.1) is 0 Å². The van der Waals surface area contributed by atoms with Crippen molar-refractivity contribution >= 4 is 5.97 Å². The Bertz CT molecular complexity index is 558. The highest BCUT2D eigenvalue weighted by Gasteiger charge is 2.27. The van der Waals surface area contributed by atoms with Gasteiger partial charge in [-0.2, -0.15) is 0 Å². The largest absolute Gasteiger partial charge is 0.490 e. The van der Waals surface area contributed by atoms with Crippen molar-refractivity contribution in [2.75, 3.05) is 0 Å². The fourth-order valence-electron chi connectivity index (χ4n) is 4.12. The zero-order chi connectivity index (χ0) is 16.9. The molecule has 0 bridgehead atoms. The summed E-state index contributed by atoms with van der Waals surface area (Å²) in [6.45, 7) is 4.38. The summed E-state index contributed by atoms with van der Waals surface area (Å²) in [7, 11) is 0.